The fraction of sp³-hybridized carbons (Fsp3) is 0.185. The first-order valence-electron chi connectivity index (χ1n) is 11.1. The van der Waals surface area contributed by atoms with E-state index >= 15 is 0 Å². The molecule has 33 heavy (non-hydrogen) atoms. The number of anilines is 1. The third-order valence-corrected chi connectivity index (χ3v) is 6.52. The Labute approximate surface area is 197 Å². The summed E-state index contributed by atoms with van der Waals surface area (Å²) in [5.74, 6) is 0.574. The van der Waals surface area contributed by atoms with Gasteiger partial charge in [0.25, 0.3) is 5.91 Å². The largest absolute Gasteiger partial charge is 0.482 e. The summed E-state index contributed by atoms with van der Waals surface area (Å²) in [5, 5.41) is 5.05. The van der Waals surface area contributed by atoms with Crippen LogP contribution in [0.2, 0.25) is 0 Å². The van der Waals surface area contributed by atoms with Crippen molar-refractivity contribution in [2.24, 2.45) is 4.99 Å². The molecular weight excluding hydrogens is 430 g/mol. The zero-order chi connectivity index (χ0) is 22.6. The summed E-state index contributed by atoms with van der Waals surface area (Å²) in [4.78, 5) is 17.7. The van der Waals surface area contributed by atoms with E-state index in [2.05, 4.69) is 70.7 Å². The molecule has 3 aromatic carbocycles. The Kier molecular flexibility index (Phi) is 6.09. The fourth-order valence-electron chi connectivity index (χ4n) is 3.92. The molecule has 5 nitrogen and oxygen atoms in total. The molecule has 6 heteroatoms. The van der Waals surface area contributed by atoms with Crippen LogP contribution in [0.5, 0.6) is 5.75 Å². The van der Waals surface area contributed by atoms with Gasteiger partial charge >= 0.3 is 0 Å². The number of ether oxygens (including phenoxy) is 1. The van der Waals surface area contributed by atoms with Gasteiger partial charge in [-0.05, 0) is 55.7 Å². The summed E-state index contributed by atoms with van der Waals surface area (Å²) in [6.45, 7) is 2.98. The molecule has 0 saturated heterocycles. The van der Waals surface area contributed by atoms with E-state index in [1.807, 2.05) is 24.3 Å². The number of aryl methyl sites for hydroxylation is 2. The number of carbonyl (C=O) groups is 1. The van der Waals surface area contributed by atoms with E-state index < -0.39 is 0 Å². The van der Waals surface area contributed by atoms with E-state index in [1.165, 1.54) is 11.1 Å². The Morgan fingerprint density at radius 1 is 1.06 bits per heavy atom. The molecule has 1 aromatic heterocycles. The average Bonchev–Trinajstić information content (AvgIpc) is 3.23. The van der Waals surface area contributed by atoms with Gasteiger partial charge in [0.15, 0.2) is 11.4 Å². The molecule has 0 atom stereocenters. The normalized spacial score (nSPS) is 13.4. The molecule has 0 saturated carbocycles. The van der Waals surface area contributed by atoms with Gasteiger partial charge in [0, 0.05) is 17.5 Å². The van der Waals surface area contributed by atoms with Crippen LogP contribution in [-0.2, 0) is 17.8 Å². The monoisotopic (exact) mass is 455 g/mol. The third kappa shape index (κ3) is 4.91. The molecule has 0 fully saturated rings. The highest BCUT2D eigenvalue weighted by atomic mass is 32.1. The summed E-state index contributed by atoms with van der Waals surface area (Å²) >= 11 is 1.63. The number of carbonyl (C=O) groups excluding carboxylic acids is 1. The lowest BCUT2D eigenvalue weighted by molar-refractivity contribution is -0.118. The second kappa shape index (κ2) is 9.46. The minimum absolute atomic E-state index is 0.0594. The van der Waals surface area contributed by atoms with Gasteiger partial charge in [-0.1, -0.05) is 48.0 Å². The molecular formula is C27H25N3O2S. The van der Waals surface area contributed by atoms with Crippen LogP contribution in [0.15, 0.2) is 83.2 Å². The van der Waals surface area contributed by atoms with Gasteiger partial charge in [-0.3, -0.25) is 4.79 Å². The van der Waals surface area contributed by atoms with Crippen molar-refractivity contribution in [2.75, 3.05) is 11.9 Å². The quantitative estimate of drug-likeness (QED) is 0.404. The minimum Gasteiger partial charge on any atom is -0.482 e. The maximum atomic E-state index is 11.8. The molecule has 2 heterocycles. The van der Waals surface area contributed by atoms with E-state index in [0.29, 0.717) is 11.4 Å². The Balaban J connectivity index is 1.50. The van der Waals surface area contributed by atoms with E-state index in [9.17, 15) is 4.79 Å². The number of hydrogen-bond acceptors (Lipinski definition) is 4. The average molecular weight is 456 g/mol. The van der Waals surface area contributed by atoms with Gasteiger partial charge in [-0.2, -0.15) is 0 Å². The van der Waals surface area contributed by atoms with Gasteiger partial charge < -0.3 is 14.6 Å². The predicted molar refractivity (Wildman–Crippen MR) is 133 cm³/mol. The van der Waals surface area contributed by atoms with Crippen LogP contribution in [0.4, 0.5) is 11.4 Å². The standard InChI is InChI=1S/C27H25N3O2S/c1-19-9-12-22(13-10-19)28-27-30(15-5-8-20-6-3-2-4-7-20)24(18-33-27)21-11-14-25-23(16-21)29-26(31)17-32-25/h2-4,6-7,9-14,16,18H,5,8,15,17H2,1H3,(H,29,31). The first-order valence-corrected chi connectivity index (χ1v) is 11.9. The highest BCUT2D eigenvalue weighted by molar-refractivity contribution is 7.07. The lowest BCUT2D eigenvalue weighted by Crippen LogP contribution is -2.25. The Bertz CT molecular complexity index is 1340. The molecule has 1 N–H and O–H groups in total. The van der Waals surface area contributed by atoms with E-state index in [-0.39, 0.29) is 12.5 Å². The third-order valence-electron chi connectivity index (χ3n) is 5.65. The fourth-order valence-corrected chi connectivity index (χ4v) is 4.88. The van der Waals surface area contributed by atoms with Crippen molar-refractivity contribution in [3.8, 4) is 17.0 Å². The number of amides is 1. The summed E-state index contributed by atoms with van der Waals surface area (Å²) in [6, 6.07) is 24.8. The maximum Gasteiger partial charge on any atom is 0.262 e. The van der Waals surface area contributed by atoms with Crippen LogP contribution >= 0.6 is 11.3 Å². The lowest BCUT2D eigenvalue weighted by atomic mass is 10.1. The summed E-state index contributed by atoms with van der Waals surface area (Å²) < 4.78 is 7.81. The van der Waals surface area contributed by atoms with Crippen molar-refractivity contribution in [2.45, 2.75) is 26.3 Å². The van der Waals surface area contributed by atoms with Crippen molar-refractivity contribution in [3.05, 3.63) is 94.1 Å². The molecule has 0 radical (unpaired) electrons. The summed E-state index contributed by atoms with van der Waals surface area (Å²) in [7, 11) is 0. The Morgan fingerprint density at radius 2 is 1.88 bits per heavy atom. The number of aromatic nitrogens is 1. The SMILES string of the molecule is Cc1ccc(N=c2scc(-c3ccc4c(c3)NC(=O)CO4)n2CCCc2ccccc2)cc1. The van der Waals surface area contributed by atoms with Crippen molar-refractivity contribution in [3.63, 3.8) is 0 Å². The maximum absolute atomic E-state index is 11.8. The van der Waals surface area contributed by atoms with Crippen molar-refractivity contribution >= 4 is 28.6 Å². The van der Waals surface area contributed by atoms with Crippen LogP contribution in [0.3, 0.4) is 0 Å². The topological polar surface area (TPSA) is 55.6 Å². The summed E-state index contributed by atoms with van der Waals surface area (Å²) in [5.41, 5.74) is 6.32. The van der Waals surface area contributed by atoms with Gasteiger partial charge in [-0.25, -0.2) is 4.99 Å². The highest BCUT2D eigenvalue weighted by Gasteiger charge is 2.18. The number of benzene rings is 3. The molecule has 0 bridgehead atoms. The van der Waals surface area contributed by atoms with Crippen molar-refractivity contribution in [1.29, 1.82) is 0 Å². The first-order chi connectivity index (χ1) is 16.2. The molecule has 1 aliphatic rings. The number of fused-ring (bicyclic) bond motifs is 1. The van der Waals surface area contributed by atoms with Crippen molar-refractivity contribution in [1.82, 2.24) is 4.57 Å². The predicted octanol–water partition coefficient (Wildman–Crippen LogP) is 5.72. The zero-order valence-corrected chi connectivity index (χ0v) is 19.3. The molecule has 0 unspecified atom stereocenters. The van der Waals surface area contributed by atoms with Gasteiger partial charge in [0.1, 0.15) is 5.75 Å². The lowest BCUT2D eigenvalue weighted by Gasteiger charge is -2.19. The number of nitrogens with zero attached hydrogens (tertiary/aromatic N) is 2. The number of nitrogens with one attached hydrogen (secondary N) is 1. The smallest absolute Gasteiger partial charge is 0.262 e. The number of hydrogen-bond donors (Lipinski definition) is 1. The van der Waals surface area contributed by atoms with Gasteiger partial charge in [0.2, 0.25) is 0 Å². The van der Waals surface area contributed by atoms with E-state index in [4.69, 9.17) is 9.73 Å². The number of rotatable bonds is 6. The first kappa shape index (κ1) is 21.2. The van der Waals surface area contributed by atoms with Crippen molar-refractivity contribution < 1.29 is 9.53 Å². The van der Waals surface area contributed by atoms with Crippen LogP contribution < -0.4 is 14.9 Å². The Hall–Kier alpha value is -3.64. The molecule has 0 aliphatic carbocycles. The summed E-state index contributed by atoms with van der Waals surface area (Å²) in [6.07, 6.45) is 2.00. The highest BCUT2D eigenvalue weighted by Crippen LogP contribution is 2.33. The molecule has 5 rings (SSSR count). The molecule has 166 valence electrons. The molecule has 0 spiro atoms. The minimum atomic E-state index is -0.129. The van der Waals surface area contributed by atoms with Crippen LogP contribution in [0.25, 0.3) is 11.3 Å². The van der Waals surface area contributed by atoms with Crippen LogP contribution in [0, 0.1) is 6.92 Å². The van der Waals surface area contributed by atoms with E-state index in [0.717, 1.165) is 41.1 Å². The second-order valence-electron chi connectivity index (χ2n) is 8.14. The molecule has 4 aromatic rings. The van der Waals surface area contributed by atoms with Gasteiger partial charge in [-0.15, -0.1) is 11.3 Å². The zero-order valence-electron chi connectivity index (χ0n) is 18.5. The second-order valence-corrected chi connectivity index (χ2v) is 8.98. The van der Waals surface area contributed by atoms with E-state index in [1.54, 1.807) is 11.3 Å². The molecule has 1 amide bonds. The Morgan fingerprint density at radius 3 is 2.70 bits per heavy atom. The molecule has 1 aliphatic heterocycles. The number of thiazole rings is 1. The van der Waals surface area contributed by atoms with Crippen LogP contribution in [-0.4, -0.2) is 17.1 Å². The van der Waals surface area contributed by atoms with Crippen LogP contribution in [0.1, 0.15) is 17.5 Å². The van der Waals surface area contributed by atoms with Gasteiger partial charge in [0.05, 0.1) is 17.1 Å².